The van der Waals surface area contributed by atoms with Crippen LogP contribution in [0, 0.1) is 0 Å². The minimum Gasteiger partial charge on any atom is -0.463 e. The Bertz CT molecular complexity index is 907. The van der Waals surface area contributed by atoms with Gasteiger partial charge >= 0.3 is 46.2 Å². The van der Waals surface area contributed by atoms with E-state index in [2.05, 4.69) is 13.2 Å². The highest BCUT2D eigenvalue weighted by molar-refractivity contribution is 6.79. The van der Waals surface area contributed by atoms with Crippen LogP contribution in [0.25, 0.3) is 0 Å². The molecule has 0 aromatic heterocycles. The summed E-state index contributed by atoms with van der Waals surface area (Å²) in [6.07, 6.45) is 3.82. The normalized spacial score (nSPS) is 11.3. The van der Waals surface area contributed by atoms with Gasteiger partial charge in [0.1, 0.15) is 0 Å². The van der Waals surface area contributed by atoms with E-state index in [-0.39, 0.29) is 11.9 Å². The first-order chi connectivity index (χ1) is 22.0. The van der Waals surface area contributed by atoms with Crippen molar-refractivity contribution in [1.29, 1.82) is 0 Å². The molecule has 0 aliphatic rings. The fourth-order valence-corrected chi connectivity index (χ4v) is 7.29. The fraction of sp³-hybridized carbons (Fsp3) is 0.613. The van der Waals surface area contributed by atoms with Gasteiger partial charge in [0.05, 0.1) is 13.2 Å². The molecule has 0 aliphatic heterocycles. The molecule has 0 unspecified atom stereocenters. The van der Waals surface area contributed by atoms with Crippen LogP contribution in [-0.4, -0.2) is 116 Å². The Morgan fingerprint density at radius 2 is 0.915 bits per heavy atom. The summed E-state index contributed by atoms with van der Waals surface area (Å²) in [6, 6.07) is 11.7. The first-order valence-electron chi connectivity index (χ1n) is 15.1. The van der Waals surface area contributed by atoms with Crippen LogP contribution in [0.15, 0.2) is 55.6 Å². The number of benzene rings is 1. The largest absolute Gasteiger partial charge is 0.463 e. The number of ether oxygens (including phenoxy) is 2. The Labute approximate surface area is 288 Å². The zero-order valence-corrected chi connectivity index (χ0v) is 35.1. The van der Waals surface area contributed by atoms with Crippen molar-refractivity contribution < 1.29 is 54.5 Å². The molecule has 47 heavy (non-hydrogen) atoms. The highest BCUT2D eigenvalue weighted by Gasteiger charge is 2.31. The number of esters is 2. The fourth-order valence-electron chi connectivity index (χ4n) is 2.97. The van der Waals surface area contributed by atoms with Gasteiger partial charge in [0.2, 0.25) is 0 Å². The monoisotopic (exact) mass is 738 g/mol. The lowest BCUT2D eigenvalue weighted by Gasteiger charge is -2.22. The highest BCUT2D eigenvalue weighted by Crippen LogP contribution is 2.14. The predicted molar refractivity (Wildman–Crippen MR) is 196 cm³/mol. The van der Waals surface area contributed by atoms with Crippen LogP contribution in [0.1, 0.15) is 12.8 Å². The summed E-state index contributed by atoms with van der Waals surface area (Å²) in [4.78, 5) is 21.4. The first-order valence-corrected chi connectivity index (χ1v) is 25.2. The standard InChI is InChI=1S/2C9H18O4Si.C9H14O2Si.C4H12O2Si/c2*1-5-9(10)13-7-6-8-14(4,11-2)12-3;1-10-12(3,11-2)9-7-5-4-6-8-9;1-5-7(3,4)6-2/h2*5H,1,6-8H2,2-4H3;4-8H,1-3H3;1-4H3. The zero-order valence-electron chi connectivity index (χ0n) is 31.1. The van der Waals surface area contributed by atoms with Crippen molar-refractivity contribution in [2.24, 2.45) is 0 Å². The Morgan fingerprint density at radius 1 is 0.574 bits per heavy atom. The van der Waals surface area contributed by atoms with Crippen molar-refractivity contribution >= 4 is 51.4 Å². The molecule has 12 nitrogen and oxygen atoms in total. The zero-order chi connectivity index (χ0) is 37.0. The van der Waals surface area contributed by atoms with Crippen molar-refractivity contribution in [3.05, 3.63) is 55.6 Å². The van der Waals surface area contributed by atoms with Crippen LogP contribution in [-0.2, 0) is 54.5 Å². The molecule has 0 aliphatic carbocycles. The molecule has 0 saturated heterocycles. The molecule has 0 bridgehead atoms. The molecule has 16 heteroatoms. The number of carbonyl (C=O) groups is 2. The molecule has 0 heterocycles. The second-order valence-electron chi connectivity index (χ2n) is 10.6. The van der Waals surface area contributed by atoms with Gasteiger partial charge in [0.25, 0.3) is 0 Å². The van der Waals surface area contributed by atoms with E-state index in [1.165, 1.54) is 0 Å². The van der Waals surface area contributed by atoms with Gasteiger partial charge < -0.3 is 44.9 Å². The molecule has 0 saturated carbocycles. The minimum absolute atomic E-state index is 0.386. The van der Waals surface area contributed by atoms with E-state index in [1.807, 2.05) is 63.1 Å². The first kappa shape index (κ1) is 49.6. The Kier molecular flexibility index (Phi) is 29.6. The summed E-state index contributed by atoms with van der Waals surface area (Å²) >= 11 is 0. The van der Waals surface area contributed by atoms with Crippen LogP contribution in [0.4, 0.5) is 0 Å². The molecule has 0 radical (unpaired) electrons. The number of rotatable bonds is 19. The third-order valence-electron chi connectivity index (χ3n) is 7.16. The number of carbonyl (C=O) groups excluding carboxylic acids is 2. The van der Waals surface area contributed by atoms with E-state index < -0.39 is 34.2 Å². The number of hydrogen-bond acceptors (Lipinski definition) is 12. The lowest BCUT2D eigenvalue weighted by Crippen LogP contribution is -2.49. The maximum atomic E-state index is 10.7. The quantitative estimate of drug-likeness (QED) is 0.0804. The third-order valence-corrected chi connectivity index (χ3v) is 18.0. The van der Waals surface area contributed by atoms with Crippen molar-refractivity contribution in [2.45, 2.75) is 57.7 Å². The van der Waals surface area contributed by atoms with Gasteiger partial charge in [-0.15, -0.1) is 0 Å². The van der Waals surface area contributed by atoms with Crippen molar-refractivity contribution in [3.8, 4) is 0 Å². The molecule has 1 rings (SSSR count). The maximum absolute atomic E-state index is 10.7. The molecule has 1 aromatic rings. The predicted octanol–water partition coefficient (Wildman–Crippen LogP) is 5.18. The van der Waals surface area contributed by atoms with Crippen LogP contribution in [0.2, 0.25) is 44.8 Å². The minimum atomic E-state index is -2.07. The molecule has 0 N–H and O–H groups in total. The van der Waals surface area contributed by atoms with Gasteiger partial charge in [-0.25, -0.2) is 9.59 Å². The topological polar surface area (TPSA) is 126 Å². The van der Waals surface area contributed by atoms with Gasteiger partial charge in [-0.1, -0.05) is 43.5 Å². The molecule has 0 atom stereocenters. The molecule has 1 aromatic carbocycles. The van der Waals surface area contributed by atoms with E-state index in [1.54, 1.807) is 56.9 Å². The van der Waals surface area contributed by atoms with Crippen molar-refractivity contribution in [3.63, 3.8) is 0 Å². The smallest absolute Gasteiger partial charge is 0.368 e. The molecule has 274 valence electrons. The summed E-state index contributed by atoms with van der Waals surface area (Å²) in [7, 11) is 5.61. The van der Waals surface area contributed by atoms with Crippen molar-refractivity contribution in [2.75, 3.05) is 70.1 Å². The maximum Gasteiger partial charge on any atom is 0.368 e. The van der Waals surface area contributed by atoms with Crippen LogP contribution in [0.3, 0.4) is 0 Å². The molecular formula is C31H62O12Si4. The summed E-state index contributed by atoms with van der Waals surface area (Å²) < 4.78 is 51.6. The van der Waals surface area contributed by atoms with E-state index in [0.717, 1.165) is 42.3 Å². The van der Waals surface area contributed by atoms with Crippen LogP contribution >= 0.6 is 0 Å². The molecule has 0 spiro atoms. The van der Waals surface area contributed by atoms with Gasteiger partial charge in [-0.3, -0.25) is 0 Å². The lowest BCUT2D eigenvalue weighted by atomic mass is 10.4. The summed E-state index contributed by atoms with van der Waals surface area (Å²) in [6.45, 7) is 17.4. The summed E-state index contributed by atoms with van der Waals surface area (Å²) in [5, 5.41) is 1.16. The third kappa shape index (κ3) is 24.9. The average Bonchev–Trinajstić information content (AvgIpc) is 3.12. The molecular weight excluding hydrogens is 677 g/mol. The molecule has 0 fully saturated rings. The van der Waals surface area contributed by atoms with E-state index in [4.69, 9.17) is 44.9 Å². The van der Waals surface area contributed by atoms with Gasteiger partial charge in [0, 0.05) is 69.0 Å². The Balaban J connectivity index is -0.000000564. The Morgan fingerprint density at radius 3 is 1.15 bits per heavy atom. The molecule has 0 amide bonds. The van der Waals surface area contributed by atoms with Crippen LogP contribution < -0.4 is 5.19 Å². The van der Waals surface area contributed by atoms with Crippen LogP contribution in [0.5, 0.6) is 0 Å². The average molecular weight is 739 g/mol. The van der Waals surface area contributed by atoms with Gasteiger partial charge in [-0.2, -0.15) is 0 Å². The SMILES string of the molecule is C=CC(=O)OCCC[Si](C)(OC)OC.C=CC(=O)OCCC[Si](C)(OC)OC.CO[Si](C)(C)OC.CO[Si](C)(OC)c1ccccc1. The van der Waals surface area contributed by atoms with E-state index in [9.17, 15) is 9.59 Å². The second-order valence-corrected chi connectivity index (χ2v) is 24.6. The highest BCUT2D eigenvalue weighted by atomic mass is 28.4. The summed E-state index contributed by atoms with van der Waals surface area (Å²) in [5.41, 5.74) is 0. The Hall–Kier alpha value is -1.81. The van der Waals surface area contributed by atoms with E-state index >= 15 is 0 Å². The van der Waals surface area contributed by atoms with E-state index in [0.29, 0.717) is 13.2 Å². The number of hydrogen-bond donors (Lipinski definition) is 0. The lowest BCUT2D eigenvalue weighted by molar-refractivity contribution is -0.138. The van der Waals surface area contributed by atoms with Crippen molar-refractivity contribution in [1.82, 2.24) is 0 Å². The second kappa shape index (κ2) is 28.1. The van der Waals surface area contributed by atoms with Gasteiger partial charge in [0.15, 0.2) is 0 Å². The van der Waals surface area contributed by atoms with Gasteiger partial charge in [-0.05, 0) is 62.9 Å². The summed E-state index contributed by atoms with van der Waals surface area (Å²) in [5.74, 6) is -0.772.